The zero-order chi connectivity index (χ0) is 48.1. The first-order chi connectivity index (χ1) is 30.8. The van der Waals surface area contributed by atoms with Gasteiger partial charge in [0.2, 0.25) is 5.91 Å². The average Bonchev–Trinajstić information content (AvgIpc) is 3.24. The average molecular weight is 911 g/mol. The molecule has 0 spiro atoms. The van der Waals surface area contributed by atoms with Gasteiger partial charge >= 0.3 is 18.2 Å². The molecule has 3 amide bonds. The molecule has 4 N–H and O–H groups in total. The van der Waals surface area contributed by atoms with Crippen LogP contribution in [0.3, 0.4) is 0 Å². The number of nitrogens with zero attached hydrogens (tertiary/aromatic N) is 2. The largest absolute Gasteiger partial charge is 0.480 e. The Morgan fingerprint density at radius 2 is 0.818 bits per heavy atom. The van der Waals surface area contributed by atoms with Gasteiger partial charge in [0.1, 0.15) is 24.3 Å². The number of carboxylic acids is 1. The van der Waals surface area contributed by atoms with Crippen molar-refractivity contribution < 1.29 is 33.8 Å². The van der Waals surface area contributed by atoms with E-state index in [1.54, 1.807) is 27.8 Å². The number of aryl methyl sites for hydroxylation is 4. The summed E-state index contributed by atoms with van der Waals surface area (Å²) in [6.07, 6.45) is 11.6. The Morgan fingerprint density at radius 1 is 0.530 bits per heavy atom. The van der Waals surface area contributed by atoms with Crippen LogP contribution in [-0.4, -0.2) is 89.4 Å². The van der Waals surface area contributed by atoms with Crippen molar-refractivity contribution in [1.82, 2.24) is 15.1 Å². The van der Waals surface area contributed by atoms with E-state index in [9.17, 15) is 19.2 Å². The van der Waals surface area contributed by atoms with Crippen LogP contribution in [0, 0.1) is 0 Å². The molecule has 4 aromatic rings. The van der Waals surface area contributed by atoms with Gasteiger partial charge in [-0.15, -0.1) is 0 Å². The van der Waals surface area contributed by atoms with Gasteiger partial charge in [0.05, 0.1) is 0 Å². The van der Waals surface area contributed by atoms with Crippen molar-refractivity contribution >= 4 is 24.1 Å². The van der Waals surface area contributed by atoms with E-state index in [1.165, 1.54) is 47.0 Å². The fourth-order valence-electron chi connectivity index (χ4n) is 6.75. The van der Waals surface area contributed by atoms with Crippen LogP contribution in [0.25, 0.3) is 0 Å². The topological polar surface area (TPSA) is 152 Å². The van der Waals surface area contributed by atoms with Gasteiger partial charge in [0, 0.05) is 26.2 Å². The quantitative estimate of drug-likeness (QED) is 0.0747. The van der Waals surface area contributed by atoms with Crippen LogP contribution in [0.2, 0.25) is 0 Å². The van der Waals surface area contributed by atoms with Crippen LogP contribution in [0.1, 0.15) is 123 Å². The third-order valence-electron chi connectivity index (χ3n) is 10.0. The first-order valence-electron chi connectivity index (χ1n) is 23.1. The Hall–Kier alpha value is -5.68. The molecule has 4 rings (SSSR count). The van der Waals surface area contributed by atoms with Crippen molar-refractivity contribution in [3.05, 3.63) is 144 Å². The van der Waals surface area contributed by atoms with Crippen molar-refractivity contribution in [2.45, 2.75) is 149 Å². The minimum Gasteiger partial charge on any atom is -0.480 e. The summed E-state index contributed by atoms with van der Waals surface area (Å²) in [4.78, 5) is 48.5. The molecule has 11 heteroatoms. The van der Waals surface area contributed by atoms with Crippen molar-refractivity contribution in [2.75, 3.05) is 27.2 Å². The summed E-state index contributed by atoms with van der Waals surface area (Å²) < 4.78 is 10.3. The Labute approximate surface area is 397 Å². The van der Waals surface area contributed by atoms with E-state index in [1.807, 2.05) is 32.9 Å². The third-order valence-corrected chi connectivity index (χ3v) is 10.0. The molecular weight excluding hydrogens is 829 g/mol. The van der Waals surface area contributed by atoms with Gasteiger partial charge in [0.25, 0.3) is 0 Å². The van der Waals surface area contributed by atoms with E-state index in [-0.39, 0.29) is 32.5 Å². The highest BCUT2D eigenvalue weighted by molar-refractivity contribution is 5.82. The molecule has 0 radical (unpaired) electrons. The zero-order valence-corrected chi connectivity index (χ0v) is 40.5. The van der Waals surface area contributed by atoms with Crippen LogP contribution in [-0.2, 0) is 44.7 Å². The van der Waals surface area contributed by atoms with Crippen LogP contribution < -0.4 is 11.1 Å². The SMILES string of the molecule is C.CN(CC(=O)NC(CCCc1ccccc1)CCCc1ccccc1)C(=O)OC(C)(C)C.CN(CC(=O)O)C(=O)OC(C)(C)C.NC(CCCc1ccccc1)CCCc1ccccc1. The monoisotopic (exact) mass is 911 g/mol. The Morgan fingerprint density at radius 3 is 1.11 bits per heavy atom. The van der Waals surface area contributed by atoms with E-state index in [4.69, 9.17) is 20.3 Å². The molecule has 0 aliphatic heterocycles. The molecule has 0 fully saturated rings. The van der Waals surface area contributed by atoms with Gasteiger partial charge in [-0.25, -0.2) is 9.59 Å². The van der Waals surface area contributed by atoms with E-state index in [2.05, 4.69) is 115 Å². The highest BCUT2D eigenvalue weighted by Crippen LogP contribution is 2.15. The number of nitrogens with one attached hydrogen (secondary N) is 1. The first-order valence-corrected chi connectivity index (χ1v) is 23.1. The Balaban J connectivity index is 0.000000546. The molecule has 0 unspecified atom stereocenters. The second-order valence-corrected chi connectivity index (χ2v) is 18.6. The number of hydrogen-bond acceptors (Lipinski definition) is 7. The third kappa shape index (κ3) is 29.7. The molecule has 0 saturated carbocycles. The highest BCUT2D eigenvalue weighted by Gasteiger charge is 2.23. The van der Waals surface area contributed by atoms with Crippen molar-refractivity contribution in [3.8, 4) is 0 Å². The molecule has 0 aliphatic rings. The van der Waals surface area contributed by atoms with Gasteiger partial charge < -0.3 is 35.4 Å². The minimum absolute atomic E-state index is 0. The summed E-state index contributed by atoms with van der Waals surface area (Å²) in [5.74, 6) is -1.21. The second kappa shape index (κ2) is 32.1. The number of benzene rings is 4. The van der Waals surface area contributed by atoms with Crippen LogP contribution in [0.4, 0.5) is 9.59 Å². The smallest absolute Gasteiger partial charge is 0.410 e. The standard InChI is InChI=1S/C27H38N2O3.C19H25N.C8H15NO4.CH4/c1-27(2,3)32-26(31)29(4)21-25(30)28-24(19-11-17-22-13-7-5-8-14-22)20-12-18-23-15-9-6-10-16-23;20-19(15-7-13-17-9-3-1-4-10-17)16-8-14-18-11-5-2-6-12-18;1-8(2,3)13-7(12)9(4)5-6(10)11;/h5-10,13-16,24H,11-12,17-21H2,1-4H3,(H,28,30);1-6,9-12,19H,7-8,13-16,20H2;5H2,1-4H3,(H,10,11);1H4. The number of rotatable bonds is 21. The lowest BCUT2D eigenvalue weighted by molar-refractivity contribution is -0.138. The molecule has 0 heterocycles. The molecule has 0 atom stereocenters. The molecule has 0 saturated heterocycles. The highest BCUT2D eigenvalue weighted by atomic mass is 16.6. The second-order valence-electron chi connectivity index (χ2n) is 18.6. The number of nitrogens with two attached hydrogens (primary N) is 1. The van der Waals surface area contributed by atoms with Gasteiger partial charge in [0.15, 0.2) is 0 Å². The summed E-state index contributed by atoms with van der Waals surface area (Å²) in [5.41, 5.74) is 10.5. The maximum absolute atomic E-state index is 12.6. The lowest BCUT2D eigenvalue weighted by Crippen LogP contribution is -2.44. The number of aliphatic carboxylic acids is 1. The number of carboxylic acid groups (broad SMARTS) is 1. The lowest BCUT2D eigenvalue weighted by atomic mass is 9.99. The van der Waals surface area contributed by atoms with Gasteiger partial charge in [-0.3, -0.25) is 9.59 Å². The maximum atomic E-state index is 12.6. The summed E-state index contributed by atoms with van der Waals surface area (Å²) >= 11 is 0. The van der Waals surface area contributed by atoms with Crippen molar-refractivity contribution in [1.29, 1.82) is 0 Å². The van der Waals surface area contributed by atoms with E-state index < -0.39 is 29.4 Å². The molecule has 0 aromatic heterocycles. The number of carbonyl (C=O) groups is 4. The summed E-state index contributed by atoms with van der Waals surface area (Å²) in [6, 6.07) is 42.6. The van der Waals surface area contributed by atoms with Gasteiger partial charge in [-0.1, -0.05) is 129 Å². The van der Waals surface area contributed by atoms with Crippen molar-refractivity contribution in [3.63, 3.8) is 0 Å². The fraction of sp³-hybridized carbons (Fsp3) is 0.491. The van der Waals surface area contributed by atoms with E-state index >= 15 is 0 Å². The predicted molar refractivity (Wildman–Crippen MR) is 270 cm³/mol. The van der Waals surface area contributed by atoms with Gasteiger partial charge in [-0.05, 0) is 141 Å². The number of likely N-dealkylation sites (N-methyl/N-ethyl adjacent to an activating group) is 2. The fourth-order valence-corrected chi connectivity index (χ4v) is 6.75. The van der Waals surface area contributed by atoms with Crippen LogP contribution in [0.5, 0.6) is 0 Å². The summed E-state index contributed by atoms with van der Waals surface area (Å²) in [7, 11) is 2.97. The normalized spacial score (nSPS) is 10.9. The molecule has 4 aromatic carbocycles. The Kier molecular flexibility index (Phi) is 28.3. The molecule has 0 aliphatic carbocycles. The first kappa shape index (κ1) is 58.3. The zero-order valence-electron chi connectivity index (χ0n) is 40.5. The maximum Gasteiger partial charge on any atom is 0.410 e. The van der Waals surface area contributed by atoms with Crippen LogP contribution in [0.15, 0.2) is 121 Å². The van der Waals surface area contributed by atoms with Crippen molar-refractivity contribution in [2.24, 2.45) is 5.73 Å². The Bertz CT molecular complexity index is 1810. The molecule has 66 heavy (non-hydrogen) atoms. The summed E-state index contributed by atoms with van der Waals surface area (Å²) in [6.45, 7) is 10.2. The minimum atomic E-state index is -1.06. The molecule has 11 nitrogen and oxygen atoms in total. The number of carbonyl (C=O) groups excluding carboxylic acids is 3. The predicted octanol–water partition coefficient (Wildman–Crippen LogP) is 11.3. The molecule has 0 bridgehead atoms. The number of amides is 3. The van der Waals surface area contributed by atoms with E-state index in [0.717, 1.165) is 69.1 Å². The molecular formula is C55H82N4O7. The number of ether oxygens (including phenoxy) is 2. The van der Waals surface area contributed by atoms with Crippen LogP contribution >= 0.6 is 0 Å². The number of hydrogen-bond donors (Lipinski definition) is 3. The van der Waals surface area contributed by atoms with E-state index in [0.29, 0.717) is 6.04 Å². The molecule has 364 valence electrons. The summed E-state index contributed by atoms with van der Waals surface area (Å²) in [5, 5.41) is 11.5. The lowest BCUT2D eigenvalue weighted by Gasteiger charge is -2.25. The van der Waals surface area contributed by atoms with Gasteiger partial charge in [-0.2, -0.15) is 0 Å².